The second-order valence-corrected chi connectivity index (χ2v) is 6.07. The molecule has 2 unspecified atom stereocenters. The Hall–Kier alpha value is -0.970. The highest BCUT2D eigenvalue weighted by molar-refractivity contribution is 5.94. The molecule has 3 rings (SSSR count). The third-order valence-corrected chi connectivity index (χ3v) is 4.61. The van der Waals surface area contributed by atoms with E-state index in [0.29, 0.717) is 11.7 Å². The zero-order chi connectivity index (χ0) is 14.1. The summed E-state index contributed by atoms with van der Waals surface area (Å²) in [6.45, 7) is 5.22. The second-order valence-electron chi connectivity index (χ2n) is 6.07. The van der Waals surface area contributed by atoms with Crippen molar-refractivity contribution in [3.63, 3.8) is 0 Å². The molecule has 2 heterocycles. The summed E-state index contributed by atoms with van der Waals surface area (Å²) in [7, 11) is 0. The summed E-state index contributed by atoms with van der Waals surface area (Å²) in [5, 5.41) is 0. The van der Waals surface area contributed by atoms with Crippen LogP contribution >= 0.6 is 24.8 Å². The van der Waals surface area contributed by atoms with Gasteiger partial charge >= 0.3 is 0 Å². The zero-order valence-corrected chi connectivity index (χ0v) is 14.5. The predicted octanol–water partition coefficient (Wildman–Crippen LogP) is 2.81. The molecule has 0 aromatic heterocycles. The van der Waals surface area contributed by atoms with Crippen molar-refractivity contribution in [2.75, 3.05) is 25.4 Å². The van der Waals surface area contributed by atoms with Crippen LogP contribution in [-0.2, 0) is 0 Å². The molecule has 6 heteroatoms. The van der Waals surface area contributed by atoms with Crippen LogP contribution in [0, 0.1) is 0 Å². The molecule has 2 N–H and O–H groups in total. The average Bonchev–Trinajstić information content (AvgIpc) is 2.46. The van der Waals surface area contributed by atoms with Gasteiger partial charge in [-0.1, -0.05) is 6.42 Å². The van der Waals surface area contributed by atoms with Crippen molar-refractivity contribution in [2.45, 2.75) is 38.3 Å². The Morgan fingerprint density at radius 1 is 1.14 bits per heavy atom. The van der Waals surface area contributed by atoms with Gasteiger partial charge in [-0.3, -0.25) is 9.69 Å². The highest BCUT2D eigenvalue weighted by Gasteiger charge is 2.35. The number of anilines is 1. The summed E-state index contributed by atoms with van der Waals surface area (Å²) in [6, 6.07) is 8.10. The van der Waals surface area contributed by atoms with Gasteiger partial charge in [-0.2, -0.15) is 0 Å². The van der Waals surface area contributed by atoms with Crippen LogP contribution in [0.4, 0.5) is 5.69 Å². The number of piperidine rings is 1. The number of benzene rings is 1. The lowest BCUT2D eigenvalue weighted by Crippen LogP contribution is -2.60. The van der Waals surface area contributed by atoms with Gasteiger partial charge in [0, 0.05) is 36.4 Å². The zero-order valence-electron chi connectivity index (χ0n) is 12.9. The van der Waals surface area contributed by atoms with Crippen LogP contribution < -0.4 is 5.73 Å². The standard InChI is InChI=1S/C16H23N3O.2ClH/c1-12-10-18-9-3-2-4-15(18)11-19(12)16(20)13-5-7-14(17)8-6-13;;/h5-8,12,15H,2-4,9-11,17H2,1H3;2*1H. The van der Waals surface area contributed by atoms with E-state index in [4.69, 9.17) is 5.73 Å². The molecule has 1 aromatic carbocycles. The van der Waals surface area contributed by atoms with E-state index in [1.165, 1.54) is 25.8 Å². The maximum atomic E-state index is 12.7. The van der Waals surface area contributed by atoms with E-state index in [1.54, 1.807) is 12.1 Å². The molecule has 124 valence electrons. The molecule has 2 fully saturated rings. The topological polar surface area (TPSA) is 49.6 Å². The lowest BCUT2D eigenvalue weighted by Gasteiger charge is -2.47. The minimum Gasteiger partial charge on any atom is -0.399 e. The number of hydrogen-bond acceptors (Lipinski definition) is 3. The van der Waals surface area contributed by atoms with Crippen LogP contribution in [-0.4, -0.2) is 47.4 Å². The molecule has 0 spiro atoms. The van der Waals surface area contributed by atoms with E-state index in [-0.39, 0.29) is 36.8 Å². The maximum Gasteiger partial charge on any atom is 0.254 e. The molecule has 1 aromatic rings. The first kappa shape index (κ1) is 19.1. The Balaban J connectivity index is 0.00000121. The summed E-state index contributed by atoms with van der Waals surface area (Å²) in [5.41, 5.74) is 7.13. The van der Waals surface area contributed by atoms with Gasteiger partial charge in [0.15, 0.2) is 0 Å². The van der Waals surface area contributed by atoms with Gasteiger partial charge in [-0.15, -0.1) is 24.8 Å². The molecular weight excluding hydrogens is 321 g/mol. The van der Waals surface area contributed by atoms with Crippen molar-refractivity contribution in [2.24, 2.45) is 0 Å². The number of nitrogens with zero attached hydrogens (tertiary/aromatic N) is 2. The fourth-order valence-electron chi connectivity index (χ4n) is 3.43. The molecule has 4 nitrogen and oxygen atoms in total. The van der Waals surface area contributed by atoms with Gasteiger partial charge in [-0.05, 0) is 50.6 Å². The number of rotatable bonds is 1. The molecule has 0 saturated carbocycles. The molecule has 2 aliphatic heterocycles. The average molecular weight is 346 g/mol. The first-order valence-corrected chi connectivity index (χ1v) is 7.55. The molecule has 22 heavy (non-hydrogen) atoms. The van der Waals surface area contributed by atoms with E-state index in [2.05, 4.69) is 11.8 Å². The second kappa shape index (κ2) is 8.04. The first-order valence-electron chi connectivity index (χ1n) is 7.55. The fourth-order valence-corrected chi connectivity index (χ4v) is 3.43. The summed E-state index contributed by atoms with van der Waals surface area (Å²) >= 11 is 0. The van der Waals surface area contributed by atoms with Crippen LogP contribution in [0.5, 0.6) is 0 Å². The van der Waals surface area contributed by atoms with Crippen LogP contribution in [0.2, 0.25) is 0 Å². The minimum atomic E-state index is 0. The molecule has 2 saturated heterocycles. The molecular formula is C16H25Cl2N3O. The summed E-state index contributed by atoms with van der Waals surface area (Å²) in [4.78, 5) is 17.3. The van der Waals surface area contributed by atoms with E-state index in [0.717, 1.165) is 18.7 Å². The van der Waals surface area contributed by atoms with Gasteiger partial charge < -0.3 is 10.6 Å². The highest BCUT2D eigenvalue weighted by Crippen LogP contribution is 2.25. The Labute approximate surface area is 144 Å². The van der Waals surface area contributed by atoms with E-state index in [1.807, 2.05) is 17.0 Å². The Morgan fingerprint density at radius 2 is 1.82 bits per heavy atom. The van der Waals surface area contributed by atoms with Gasteiger partial charge in [0.2, 0.25) is 0 Å². The van der Waals surface area contributed by atoms with Gasteiger partial charge in [0.05, 0.1) is 0 Å². The first-order chi connectivity index (χ1) is 9.65. The number of amides is 1. The van der Waals surface area contributed by atoms with Gasteiger partial charge in [-0.25, -0.2) is 0 Å². The number of hydrogen-bond donors (Lipinski definition) is 1. The molecule has 2 aliphatic rings. The van der Waals surface area contributed by atoms with Crippen molar-refractivity contribution >= 4 is 36.4 Å². The number of halogens is 2. The van der Waals surface area contributed by atoms with Gasteiger partial charge in [0.1, 0.15) is 0 Å². The third-order valence-electron chi connectivity index (χ3n) is 4.61. The molecule has 0 radical (unpaired) electrons. The minimum absolute atomic E-state index is 0. The van der Waals surface area contributed by atoms with Gasteiger partial charge in [0.25, 0.3) is 5.91 Å². The lowest BCUT2D eigenvalue weighted by atomic mass is 9.96. The lowest BCUT2D eigenvalue weighted by molar-refractivity contribution is 0.0152. The van der Waals surface area contributed by atoms with Crippen molar-refractivity contribution < 1.29 is 4.79 Å². The van der Waals surface area contributed by atoms with Crippen LogP contribution in [0.3, 0.4) is 0 Å². The van der Waals surface area contributed by atoms with Crippen LogP contribution in [0.25, 0.3) is 0 Å². The van der Waals surface area contributed by atoms with Crippen LogP contribution in [0.1, 0.15) is 36.5 Å². The molecule has 2 atom stereocenters. The molecule has 0 bridgehead atoms. The Morgan fingerprint density at radius 3 is 2.50 bits per heavy atom. The number of nitrogen functional groups attached to an aromatic ring is 1. The number of carbonyl (C=O) groups is 1. The highest BCUT2D eigenvalue weighted by atomic mass is 35.5. The van der Waals surface area contributed by atoms with Crippen molar-refractivity contribution in [3.05, 3.63) is 29.8 Å². The van der Waals surface area contributed by atoms with Crippen molar-refractivity contribution in [3.8, 4) is 0 Å². The quantitative estimate of drug-likeness (QED) is 0.796. The predicted molar refractivity (Wildman–Crippen MR) is 95.1 cm³/mol. The molecule has 1 amide bonds. The number of nitrogens with two attached hydrogens (primary N) is 1. The van der Waals surface area contributed by atoms with Crippen LogP contribution in [0.15, 0.2) is 24.3 Å². The van der Waals surface area contributed by atoms with Crippen molar-refractivity contribution in [1.29, 1.82) is 0 Å². The molecule has 0 aliphatic carbocycles. The number of carbonyl (C=O) groups excluding carboxylic acids is 1. The maximum absolute atomic E-state index is 12.7. The summed E-state index contributed by atoms with van der Waals surface area (Å²) in [5.74, 6) is 0.141. The Kier molecular flexibility index (Phi) is 6.98. The summed E-state index contributed by atoms with van der Waals surface area (Å²) < 4.78 is 0. The summed E-state index contributed by atoms with van der Waals surface area (Å²) in [6.07, 6.45) is 3.81. The largest absolute Gasteiger partial charge is 0.399 e. The Bertz CT molecular complexity index is 495. The van der Waals surface area contributed by atoms with E-state index >= 15 is 0 Å². The smallest absolute Gasteiger partial charge is 0.254 e. The number of piperazine rings is 1. The third kappa shape index (κ3) is 3.86. The fraction of sp³-hybridized carbons (Fsp3) is 0.562. The van der Waals surface area contributed by atoms with E-state index < -0.39 is 0 Å². The van der Waals surface area contributed by atoms with E-state index in [9.17, 15) is 4.79 Å². The monoisotopic (exact) mass is 345 g/mol. The van der Waals surface area contributed by atoms with Crippen molar-refractivity contribution in [1.82, 2.24) is 9.80 Å². The SMILES string of the molecule is CC1CN2CCCCC2CN1C(=O)c1ccc(N)cc1.Cl.Cl. The number of fused-ring (bicyclic) bond motifs is 1. The normalized spacial score (nSPS) is 24.7.